The van der Waals surface area contributed by atoms with Crippen molar-refractivity contribution in [3.63, 3.8) is 0 Å². The second-order valence-electron chi connectivity index (χ2n) is 5.31. The average molecular weight is 313 g/mol. The number of hydrogen-bond acceptors (Lipinski definition) is 5. The highest BCUT2D eigenvalue weighted by atomic mass is 32.2. The summed E-state index contributed by atoms with van der Waals surface area (Å²) in [5, 5.41) is 11.6. The van der Waals surface area contributed by atoms with Crippen molar-refractivity contribution >= 4 is 34.1 Å². The predicted octanol–water partition coefficient (Wildman–Crippen LogP) is 4.34. The topological polar surface area (TPSA) is 54.9 Å². The van der Waals surface area contributed by atoms with Crippen LogP contribution in [0.3, 0.4) is 0 Å². The number of carbonyl (C=O) groups excluding carboxylic acids is 1. The van der Waals surface area contributed by atoms with E-state index in [2.05, 4.69) is 22.4 Å². The van der Waals surface area contributed by atoms with E-state index >= 15 is 0 Å². The van der Waals surface area contributed by atoms with Gasteiger partial charge in [0.05, 0.1) is 0 Å². The predicted molar refractivity (Wildman–Crippen MR) is 85.4 cm³/mol. The maximum atomic E-state index is 11.9. The Hall–Kier alpha value is -0.620. The molecule has 0 spiro atoms. The smallest absolute Gasteiger partial charge is 0.226 e. The lowest BCUT2D eigenvalue weighted by atomic mass is 10.0. The van der Waals surface area contributed by atoms with Crippen molar-refractivity contribution in [2.24, 2.45) is 5.92 Å². The molecule has 0 bridgehead atoms. The summed E-state index contributed by atoms with van der Waals surface area (Å²) < 4.78 is 0.949. The highest BCUT2D eigenvalue weighted by Gasteiger charge is 2.16. The molecule has 1 fully saturated rings. The molecule has 1 aromatic heterocycles. The zero-order chi connectivity index (χ0) is 14.2. The lowest BCUT2D eigenvalue weighted by Crippen LogP contribution is -2.12. The quantitative estimate of drug-likeness (QED) is 0.441. The fourth-order valence-corrected chi connectivity index (χ4v) is 4.36. The maximum Gasteiger partial charge on any atom is 0.226 e. The van der Waals surface area contributed by atoms with E-state index < -0.39 is 0 Å². The number of nitrogens with one attached hydrogen (secondary N) is 1. The molecule has 1 aromatic rings. The summed E-state index contributed by atoms with van der Waals surface area (Å²) in [4.78, 5) is 11.9. The molecule has 1 N–H and O–H groups in total. The van der Waals surface area contributed by atoms with E-state index in [0.717, 1.165) is 22.4 Å². The summed E-state index contributed by atoms with van der Waals surface area (Å²) >= 11 is 3.20. The van der Waals surface area contributed by atoms with Gasteiger partial charge in [-0.2, -0.15) is 0 Å². The Morgan fingerprint density at radius 2 is 2.20 bits per heavy atom. The second kappa shape index (κ2) is 8.62. The normalized spacial score (nSPS) is 15.7. The molecular formula is C14H23N3OS2. The zero-order valence-electron chi connectivity index (χ0n) is 12.1. The van der Waals surface area contributed by atoms with Crippen LogP contribution in [-0.2, 0) is 4.79 Å². The first kappa shape index (κ1) is 15.8. The molecule has 112 valence electrons. The van der Waals surface area contributed by atoms with Crippen molar-refractivity contribution < 1.29 is 4.79 Å². The Bertz CT molecular complexity index is 416. The zero-order valence-corrected chi connectivity index (χ0v) is 13.7. The molecule has 6 heteroatoms. The number of anilines is 1. The van der Waals surface area contributed by atoms with Crippen LogP contribution >= 0.6 is 23.1 Å². The Labute approximate surface area is 129 Å². The summed E-state index contributed by atoms with van der Waals surface area (Å²) in [6, 6.07) is 0. The SMILES string of the molecule is CCCCSc1nnc(NC(=O)CCC2CCCC2)s1. The standard InChI is InChI=1S/C14H23N3OS2/c1-2-3-10-19-14-17-16-13(20-14)15-12(18)9-8-11-6-4-5-7-11/h11H,2-10H2,1H3,(H,15,16,18). The minimum Gasteiger partial charge on any atom is -0.301 e. The van der Waals surface area contributed by atoms with Crippen molar-refractivity contribution in [3.8, 4) is 0 Å². The Kier molecular flexibility index (Phi) is 6.79. The van der Waals surface area contributed by atoms with Gasteiger partial charge in [0.15, 0.2) is 4.34 Å². The molecule has 0 atom stereocenters. The first-order valence-corrected chi connectivity index (χ1v) is 9.34. The molecule has 1 aliphatic rings. The number of nitrogens with zero attached hydrogens (tertiary/aromatic N) is 2. The Morgan fingerprint density at radius 3 is 2.95 bits per heavy atom. The van der Waals surface area contributed by atoms with Crippen LogP contribution in [0.1, 0.15) is 58.3 Å². The van der Waals surface area contributed by atoms with Gasteiger partial charge < -0.3 is 5.32 Å². The Morgan fingerprint density at radius 1 is 1.40 bits per heavy atom. The monoisotopic (exact) mass is 313 g/mol. The molecule has 4 nitrogen and oxygen atoms in total. The first-order chi connectivity index (χ1) is 9.78. The van der Waals surface area contributed by atoms with Gasteiger partial charge >= 0.3 is 0 Å². The van der Waals surface area contributed by atoms with Crippen molar-refractivity contribution in [2.45, 2.75) is 62.6 Å². The molecule has 0 aromatic carbocycles. The first-order valence-electron chi connectivity index (χ1n) is 7.54. The minimum absolute atomic E-state index is 0.0816. The van der Waals surface area contributed by atoms with Gasteiger partial charge in [-0.25, -0.2) is 0 Å². The van der Waals surface area contributed by atoms with Crippen LogP contribution in [-0.4, -0.2) is 21.9 Å². The van der Waals surface area contributed by atoms with Crippen LogP contribution in [0.15, 0.2) is 4.34 Å². The third kappa shape index (κ3) is 5.40. The van der Waals surface area contributed by atoms with Crippen LogP contribution in [0.4, 0.5) is 5.13 Å². The van der Waals surface area contributed by atoms with Gasteiger partial charge in [0, 0.05) is 12.2 Å². The van der Waals surface area contributed by atoms with Crippen LogP contribution in [0, 0.1) is 5.92 Å². The average Bonchev–Trinajstić information content (AvgIpc) is 3.08. The molecule has 2 rings (SSSR count). The van der Waals surface area contributed by atoms with Gasteiger partial charge in [-0.1, -0.05) is 62.1 Å². The van der Waals surface area contributed by atoms with Crippen LogP contribution in [0.2, 0.25) is 0 Å². The number of aromatic nitrogens is 2. The van der Waals surface area contributed by atoms with Gasteiger partial charge in [0.2, 0.25) is 11.0 Å². The van der Waals surface area contributed by atoms with Gasteiger partial charge in [0.25, 0.3) is 0 Å². The maximum absolute atomic E-state index is 11.9. The van der Waals surface area contributed by atoms with E-state index in [0.29, 0.717) is 11.6 Å². The van der Waals surface area contributed by atoms with Crippen LogP contribution in [0.5, 0.6) is 0 Å². The van der Waals surface area contributed by atoms with E-state index in [9.17, 15) is 4.79 Å². The van der Waals surface area contributed by atoms with Crippen LogP contribution in [0.25, 0.3) is 0 Å². The summed E-state index contributed by atoms with van der Waals surface area (Å²) in [7, 11) is 0. The number of hydrogen-bond donors (Lipinski definition) is 1. The lowest BCUT2D eigenvalue weighted by Gasteiger charge is -2.07. The summed E-state index contributed by atoms with van der Waals surface area (Å²) in [5.41, 5.74) is 0. The largest absolute Gasteiger partial charge is 0.301 e. The molecular weight excluding hydrogens is 290 g/mol. The molecule has 1 saturated carbocycles. The van der Waals surface area contributed by atoms with E-state index in [1.54, 1.807) is 11.8 Å². The second-order valence-corrected chi connectivity index (χ2v) is 7.63. The summed E-state index contributed by atoms with van der Waals surface area (Å²) in [6.07, 6.45) is 9.27. The van der Waals surface area contributed by atoms with Gasteiger partial charge in [-0.05, 0) is 18.8 Å². The molecule has 0 radical (unpaired) electrons. The Balaban J connectivity index is 1.67. The third-order valence-electron chi connectivity index (χ3n) is 3.63. The highest BCUT2D eigenvalue weighted by molar-refractivity contribution is 8.01. The molecule has 1 aliphatic carbocycles. The number of thioether (sulfide) groups is 1. The fraction of sp³-hybridized carbons (Fsp3) is 0.786. The van der Waals surface area contributed by atoms with E-state index in [-0.39, 0.29) is 5.91 Å². The van der Waals surface area contributed by atoms with E-state index in [1.165, 1.54) is 49.9 Å². The van der Waals surface area contributed by atoms with Crippen molar-refractivity contribution in [3.05, 3.63) is 0 Å². The van der Waals surface area contributed by atoms with Crippen molar-refractivity contribution in [2.75, 3.05) is 11.1 Å². The highest BCUT2D eigenvalue weighted by Crippen LogP contribution is 2.29. The summed E-state index contributed by atoms with van der Waals surface area (Å²) in [6.45, 7) is 2.18. The molecule has 0 saturated heterocycles. The minimum atomic E-state index is 0.0816. The fourth-order valence-electron chi connectivity index (χ4n) is 2.44. The van der Waals surface area contributed by atoms with Gasteiger partial charge in [-0.3, -0.25) is 4.79 Å². The third-order valence-corrected chi connectivity index (χ3v) is 5.69. The number of amides is 1. The molecule has 0 aliphatic heterocycles. The number of rotatable bonds is 8. The number of carbonyl (C=O) groups is 1. The summed E-state index contributed by atoms with van der Waals surface area (Å²) in [5.74, 6) is 1.91. The van der Waals surface area contributed by atoms with E-state index in [4.69, 9.17) is 0 Å². The van der Waals surface area contributed by atoms with Crippen molar-refractivity contribution in [1.82, 2.24) is 10.2 Å². The lowest BCUT2D eigenvalue weighted by molar-refractivity contribution is -0.116. The van der Waals surface area contributed by atoms with Gasteiger partial charge in [-0.15, -0.1) is 10.2 Å². The van der Waals surface area contributed by atoms with E-state index in [1.807, 2.05) is 0 Å². The van der Waals surface area contributed by atoms with Gasteiger partial charge in [0.1, 0.15) is 0 Å². The molecule has 1 heterocycles. The molecule has 0 unspecified atom stereocenters. The molecule has 20 heavy (non-hydrogen) atoms. The molecule has 1 amide bonds. The number of unbranched alkanes of at least 4 members (excludes halogenated alkanes) is 1. The van der Waals surface area contributed by atoms with Crippen molar-refractivity contribution in [1.29, 1.82) is 0 Å². The van der Waals surface area contributed by atoms with Crippen LogP contribution < -0.4 is 5.32 Å².